The van der Waals surface area contributed by atoms with Gasteiger partial charge in [-0.25, -0.2) is 4.79 Å². The third-order valence-electron chi connectivity index (χ3n) is 3.11. The fourth-order valence-corrected chi connectivity index (χ4v) is 2.62. The smallest absolute Gasteiger partial charge is 0.341 e. The summed E-state index contributed by atoms with van der Waals surface area (Å²) in [6.07, 6.45) is 0.767. The number of esters is 1. The maximum atomic E-state index is 12.0. The Kier molecular flexibility index (Phi) is 6.20. The van der Waals surface area contributed by atoms with Crippen LogP contribution in [0.5, 0.6) is 0 Å². The van der Waals surface area contributed by atoms with Gasteiger partial charge in [0.15, 0.2) is 0 Å². The topological polar surface area (TPSA) is 55.4 Å². The van der Waals surface area contributed by atoms with Crippen LogP contribution in [0.2, 0.25) is 0 Å². The number of nitrogens with one attached hydrogen (secondary N) is 1. The maximum Gasteiger partial charge on any atom is 0.341 e. The average Bonchev–Trinajstić information content (AvgIpc) is 2.82. The number of hydrogen-bond donors (Lipinski definition) is 1. The molecular formula is C15H23NO3S. The molecule has 1 atom stereocenters. The van der Waals surface area contributed by atoms with E-state index in [-0.39, 0.29) is 17.8 Å². The second-order valence-corrected chi connectivity index (χ2v) is 6.15. The van der Waals surface area contributed by atoms with Gasteiger partial charge in [0.05, 0.1) is 12.2 Å². The minimum Gasteiger partial charge on any atom is -0.462 e. The van der Waals surface area contributed by atoms with Crippen LogP contribution in [0.4, 0.5) is 5.00 Å². The first-order valence-corrected chi connectivity index (χ1v) is 7.84. The van der Waals surface area contributed by atoms with Crippen molar-refractivity contribution >= 4 is 28.2 Å². The van der Waals surface area contributed by atoms with E-state index in [0.717, 1.165) is 11.3 Å². The van der Waals surface area contributed by atoms with E-state index in [2.05, 4.69) is 19.2 Å². The first-order chi connectivity index (χ1) is 9.40. The second-order valence-electron chi connectivity index (χ2n) is 5.07. The zero-order valence-corrected chi connectivity index (χ0v) is 13.6. The molecule has 0 unspecified atom stereocenters. The van der Waals surface area contributed by atoms with Crippen LogP contribution in [-0.4, -0.2) is 18.5 Å². The van der Waals surface area contributed by atoms with E-state index in [1.807, 2.05) is 19.9 Å². The number of hydrogen-bond acceptors (Lipinski definition) is 4. The van der Waals surface area contributed by atoms with Crippen molar-refractivity contribution in [3.05, 3.63) is 16.5 Å². The van der Waals surface area contributed by atoms with Crippen molar-refractivity contribution in [2.24, 2.45) is 5.92 Å². The molecule has 0 saturated heterocycles. The van der Waals surface area contributed by atoms with Crippen molar-refractivity contribution in [2.75, 3.05) is 11.9 Å². The van der Waals surface area contributed by atoms with Gasteiger partial charge in [0, 0.05) is 10.8 Å². The Hall–Kier alpha value is -1.36. The molecule has 20 heavy (non-hydrogen) atoms. The zero-order chi connectivity index (χ0) is 15.3. The Morgan fingerprint density at radius 3 is 2.45 bits per heavy atom. The van der Waals surface area contributed by atoms with E-state index in [1.165, 1.54) is 11.3 Å². The molecule has 0 bridgehead atoms. The van der Waals surface area contributed by atoms with Gasteiger partial charge >= 0.3 is 5.97 Å². The molecule has 0 aliphatic carbocycles. The van der Waals surface area contributed by atoms with Gasteiger partial charge < -0.3 is 10.1 Å². The van der Waals surface area contributed by atoms with Gasteiger partial charge in [0.25, 0.3) is 0 Å². The molecule has 4 nitrogen and oxygen atoms in total. The SMILES string of the molecule is CCOC(=O)c1cc(C(C)C)sc1NC(=O)[C@@H](C)CC. The van der Waals surface area contributed by atoms with Crippen LogP contribution in [0.3, 0.4) is 0 Å². The van der Waals surface area contributed by atoms with E-state index in [9.17, 15) is 9.59 Å². The number of rotatable bonds is 6. The van der Waals surface area contributed by atoms with Crippen LogP contribution >= 0.6 is 11.3 Å². The van der Waals surface area contributed by atoms with Gasteiger partial charge in [-0.2, -0.15) is 0 Å². The second kappa shape index (κ2) is 7.43. The van der Waals surface area contributed by atoms with E-state index in [0.29, 0.717) is 23.1 Å². The van der Waals surface area contributed by atoms with Crippen LogP contribution in [-0.2, 0) is 9.53 Å². The van der Waals surface area contributed by atoms with Gasteiger partial charge in [-0.05, 0) is 25.3 Å². The number of thiophene rings is 1. The van der Waals surface area contributed by atoms with Crippen LogP contribution in [0, 0.1) is 5.92 Å². The van der Waals surface area contributed by atoms with E-state index in [1.54, 1.807) is 6.92 Å². The summed E-state index contributed by atoms with van der Waals surface area (Å²) < 4.78 is 5.05. The Morgan fingerprint density at radius 2 is 1.95 bits per heavy atom. The lowest BCUT2D eigenvalue weighted by molar-refractivity contribution is -0.119. The minimum absolute atomic E-state index is 0.0600. The number of carbonyl (C=O) groups is 2. The molecule has 1 N–H and O–H groups in total. The summed E-state index contributed by atoms with van der Waals surface area (Å²) in [6, 6.07) is 1.82. The zero-order valence-electron chi connectivity index (χ0n) is 12.8. The lowest BCUT2D eigenvalue weighted by Crippen LogP contribution is -2.20. The predicted molar refractivity (Wildman–Crippen MR) is 82.4 cm³/mol. The fraction of sp³-hybridized carbons (Fsp3) is 0.600. The van der Waals surface area contributed by atoms with Crippen molar-refractivity contribution < 1.29 is 14.3 Å². The Morgan fingerprint density at radius 1 is 1.30 bits per heavy atom. The molecule has 0 fully saturated rings. The number of carbonyl (C=O) groups excluding carboxylic acids is 2. The van der Waals surface area contributed by atoms with Gasteiger partial charge in [-0.15, -0.1) is 11.3 Å². The quantitative estimate of drug-likeness (QED) is 0.806. The lowest BCUT2D eigenvalue weighted by Gasteiger charge is -2.09. The summed E-state index contributed by atoms with van der Waals surface area (Å²) in [4.78, 5) is 25.0. The molecule has 1 aromatic rings. The van der Waals surface area contributed by atoms with Gasteiger partial charge in [0.2, 0.25) is 5.91 Å². The highest BCUT2D eigenvalue weighted by Gasteiger charge is 2.21. The van der Waals surface area contributed by atoms with Crippen molar-refractivity contribution in [1.29, 1.82) is 0 Å². The fourth-order valence-electron chi connectivity index (χ4n) is 1.57. The Labute approximate surface area is 124 Å². The predicted octanol–water partition coefficient (Wildman–Crippen LogP) is 4.03. The summed E-state index contributed by atoms with van der Waals surface area (Å²) in [7, 11) is 0. The van der Waals surface area contributed by atoms with Crippen molar-refractivity contribution in [3.8, 4) is 0 Å². The third-order valence-corrected chi connectivity index (χ3v) is 4.46. The highest BCUT2D eigenvalue weighted by molar-refractivity contribution is 7.16. The minimum atomic E-state index is -0.380. The van der Waals surface area contributed by atoms with Gasteiger partial charge in [-0.3, -0.25) is 4.79 Å². The standard InChI is InChI=1S/C15H23NO3S/c1-6-10(5)13(17)16-14-11(15(18)19-7-2)8-12(20-14)9(3)4/h8-10H,6-7H2,1-5H3,(H,16,17)/t10-/m0/s1. The van der Waals surface area contributed by atoms with Crippen LogP contribution in [0.25, 0.3) is 0 Å². The largest absolute Gasteiger partial charge is 0.462 e. The molecule has 0 saturated carbocycles. The monoisotopic (exact) mass is 297 g/mol. The molecule has 1 aromatic heterocycles. The van der Waals surface area contributed by atoms with Gasteiger partial charge in [0.1, 0.15) is 5.00 Å². The maximum absolute atomic E-state index is 12.0. The van der Waals surface area contributed by atoms with E-state index in [4.69, 9.17) is 4.74 Å². The average molecular weight is 297 g/mol. The van der Waals surface area contributed by atoms with Crippen LogP contribution in [0.15, 0.2) is 6.07 Å². The molecule has 0 aliphatic heterocycles. The summed E-state index contributed by atoms with van der Waals surface area (Å²) in [5.74, 6) is -0.206. The Bertz CT molecular complexity index is 479. The van der Waals surface area contributed by atoms with E-state index < -0.39 is 0 Å². The molecule has 1 rings (SSSR count). The summed E-state index contributed by atoms with van der Waals surface area (Å²) >= 11 is 1.45. The molecule has 1 amide bonds. The number of anilines is 1. The molecule has 5 heteroatoms. The van der Waals surface area contributed by atoms with E-state index >= 15 is 0 Å². The summed E-state index contributed by atoms with van der Waals surface area (Å²) in [5.41, 5.74) is 0.456. The molecule has 0 aliphatic rings. The normalized spacial score (nSPS) is 12.3. The van der Waals surface area contributed by atoms with Crippen molar-refractivity contribution in [3.63, 3.8) is 0 Å². The van der Waals surface area contributed by atoms with Crippen molar-refractivity contribution in [1.82, 2.24) is 0 Å². The molecule has 0 aromatic carbocycles. The molecular weight excluding hydrogens is 274 g/mol. The van der Waals surface area contributed by atoms with Crippen LogP contribution in [0.1, 0.15) is 62.2 Å². The first kappa shape index (κ1) is 16.7. The highest BCUT2D eigenvalue weighted by Crippen LogP contribution is 2.33. The Balaban J connectivity index is 3.03. The number of ether oxygens (including phenoxy) is 1. The molecule has 0 spiro atoms. The molecule has 112 valence electrons. The van der Waals surface area contributed by atoms with Gasteiger partial charge in [-0.1, -0.05) is 27.7 Å². The number of amides is 1. The molecule has 1 heterocycles. The molecule has 0 radical (unpaired) electrons. The summed E-state index contributed by atoms with van der Waals surface area (Å²) in [6.45, 7) is 10.0. The lowest BCUT2D eigenvalue weighted by atomic mass is 10.1. The van der Waals surface area contributed by atoms with Crippen LogP contribution < -0.4 is 5.32 Å². The first-order valence-electron chi connectivity index (χ1n) is 7.02. The third kappa shape index (κ3) is 4.07. The van der Waals surface area contributed by atoms with Crippen molar-refractivity contribution in [2.45, 2.75) is 47.0 Å². The summed E-state index contributed by atoms with van der Waals surface area (Å²) in [5, 5.41) is 3.45. The highest BCUT2D eigenvalue weighted by atomic mass is 32.1.